The molecule has 0 aromatic heterocycles. The number of nitrogens with two attached hydrogens (primary N) is 1. The van der Waals surface area contributed by atoms with E-state index >= 15 is 0 Å². The average Bonchev–Trinajstić information content (AvgIpc) is 3.21. The van der Waals surface area contributed by atoms with Crippen LogP contribution in [-0.2, 0) is 18.4 Å². The number of nitrogens with one attached hydrogen (secondary N) is 1. The highest BCUT2D eigenvalue weighted by atomic mass is 31.2. The molecule has 0 fully saturated rings. The molecular formula is C49H97N2O6P. The van der Waals surface area contributed by atoms with Gasteiger partial charge < -0.3 is 21.1 Å². The van der Waals surface area contributed by atoms with Crippen LogP contribution < -0.4 is 11.1 Å². The van der Waals surface area contributed by atoms with Crippen LogP contribution in [0.1, 0.15) is 251 Å². The van der Waals surface area contributed by atoms with Gasteiger partial charge in [-0.1, -0.05) is 237 Å². The van der Waals surface area contributed by atoms with Crippen molar-refractivity contribution in [2.24, 2.45) is 5.73 Å². The Morgan fingerprint density at radius 2 is 0.914 bits per heavy atom. The molecule has 0 aromatic rings. The third-order valence-corrected chi connectivity index (χ3v) is 12.3. The Kier molecular flexibility index (Phi) is 44.7. The molecule has 0 spiro atoms. The van der Waals surface area contributed by atoms with Gasteiger partial charge in [0.15, 0.2) is 0 Å². The molecule has 3 unspecified atom stereocenters. The summed E-state index contributed by atoms with van der Waals surface area (Å²) in [7, 11) is -4.35. The van der Waals surface area contributed by atoms with Crippen molar-refractivity contribution in [3.63, 3.8) is 0 Å². The summed E-state index contributed by atoms with van der Waals surface area (Å²) in [4.78, 5) is 22.8. The average molecular weight is 841 g/mol. The number of carbonyl (C=O) groups excluding carboxylic acids is 1. The van der Waals surface area contributed by atoms with E-state index in [2.05, 4.69) is 31.3 Å². The molecule has 0 aliphatic rings. The van der Waals surface area contributed by atoms with Gasteiger partial charge in [-0.3, -0.25) is 13.8 Å². The summed E-state index contributed by atoms with van der Waals surface area (Å²) in [5, 5.41) is 13.7. The number of amides is 1. The number of allylic oxidation sites excluding steroid dienone is 3. The lowest BCUT2D eigenvalue weighted by Crippen LogP contribution is -2.45. The lowest BCUT2D eigenvalue weighted by molar-refractivity contribution is -0.123. The molecule has 0 bridgehead atoms. The molecule has 58 heavy (non-hydrogen) atoms. The van der Waals surface area contributed by atoms with Crippen LogP contribution in [0.3, 0.4) is 0 Å². The molecule has 0 heterocycles. The minimum Gasteiger partial charge on any atom is -0.387 e. The van der Waals surface area contributed by atoms with Gasteiger partial charge in [0.25, 0.3) is 0 Å². The molecule has 0 saturated carbocycles. The van der Waals surface area contributed by atoms with Crippen molar-refractivity contribution in [3.05, 3.63) is 24.3 Å². The second-order valence-corrected chi connectivity index (χ2v) is 18.5. The number of unbranched alkanes of at least 4 members (excludes halogenated alkanes) is 33. The Morgan fingerprint density at radius 3 is 1.33 bits per heavy atom. The fourth-order valence-corrected chi connectivity index (χ4v) is 8.26. The van der Waals surface area contributed by atoms with E-state index in [1.165, 1.54) is 193 Å². The maximum Gasteiger partial charge on any atom is 0.472 e. The highest BCUT2D eigenvalue weighted by Crippen LogP contribution is 2.43. The van der Waals surface area contributed by atoms with E-state index in [1.807, 2.05) is 6.08 Å². The molecule has 0 radical (unpaired) electrons. The monoisotopic (exact) mass is 841 g/mol. The lowest BCUT2D eigenvalue weighted by atomic mass is 10.0. The second-order valence-electron chi connectivity index (χ2n) is 17.0. The van der Waals surface area contributed by atoms with Crippen LogP contribution in [0.4, 0.5) is 0 Å². The zero-order valence-electron chi connectivity index (χ0n) is 38.3. The number of phosphoric acid groups is 1. The van der Waals surface area contributed by atoms with Crippen molar-refractivity contribution in [3.8, 4) is 0 Å². The van der Waals surface area contributed by atoms with E-state index < -0.39 is 20.0 Å². The molecule has 0 aliphatic carbocycles. The van der Waals surface area contributed by atoms with E-state index in [0.29, 0.717) is 6.42 Å². The minimum absolute atomic E-state index is 0.0762. The number of aliphatic hydroxyl groups is 1. The summed E-state index contributed by atoms with van der Waals surface area (Å²) < 4.78 is 22.2. The lowest BCUT2D eigenvalue weighted by Gasteiger charge is -2.23. The first-order valence-corrected chi connectivity index (χ1v) is 26.5. The summed E-state index contributed by atoms with van der Waals surface area (Å²) in [6, 6.07) is -0.873. The van der Waals surface area contributed by atoms with Crippen LogP contribution >= 0.6 is 7.82 Å². The van der Waals surface area contributed by atoms with Crippen LogP contribution in [-0.4, -0.2) is 47.8 Å². The normalized spacial score (nSPS) is 14.1. The van der Waals surface area contributed by atoms with Gasteiger partial charge in [0.1, 0.15) is 0 Å². The number of phosphoric ester groups is 1. The Balaban J connectivity index is 4.14. The third-order valence-electron chi connectivity index (χ3n) is 11.3. The Labute approximate surface area is 359 Å². The van der Waals surface area contributed by atoms with E-state index in [9.17, 15) is 19.4 Å². The van der Waals surface area contributed by atoms with Crippen LogP contribution in [0, 0.1) is 0 Å². The highest BCUT2D eigenvalue weighted by molar-refractivity contribution is 7.47. The van der Waals surface area contributed by atoms with Crippen molar-refractivity contribution in [2.75, 3.05) is 19.8 Å². The van der Waals surface area contributed by atoms with Crippen molar-refractivity contribution < 1.29 is 28.4 Å². The molecule has 5 N–H and O–H groups in total. The highest BCUT2D eigenvalue weighted by Gasteiger charge is 2.26. The molecule has 0 saturated heterocycles. The van der Waals surface area contributed by atoms with E-state index in [0.717, 1.165) is 38.5 Å². The molecular weight excluding hydrogens is 744 g/mol. The summed E-state index contributed by atoms with van der Waals surface area (Å²) in [6.07, 6.45) is 53.8. The Bertz CT molecular complexity index is 963. The fraction of sp³-hybridized carbons (Fsp3) is 0.898. The number of hydrogen-bond donors (Lipinski definition) is 4. The van der Waals surface area contributed by atoms with Crippen molar-refractivity contribution in [1.82, 2.24) is 5.32 Å². The molecule has 0 rings (SSSR count). The van der Waals surface area contributed by atoms with Gasteiger partial charge >= 0.3 is 7.82 Å². The number of rotatable bonds is 47. The molecule has 1 amide bonds. The van der Waals surface area contributed by atoms with Crippen molar-refractivity contribution >= 4 is 13.7 Å². The molecule has 0 aliphatic heterocycles. The van der Waals surface area contributed by atoms with Gasteiger partial charge in [0.2, 0.25) is 5.91 Å². The van der Waals surface area contributed by atoms with E-state index in [-0.39, 0.29) is 25.7 Å². The van der Waals surface area contributed by atoms with Crippen LogP contribution in [0.5, 0.6) is 0 Å². The number of hydrogen-bond acceptors (Lipinski definition) is 6. The summed E-state index contributed by atoms with van der Waals surface area (Å²) >= 11 is 0. The zero-order valence-corrected chi connectivity index (χ0v) is 39.2. The predicted octanol–water partition coefficient (Wildman–Crippen LogP) is 14.5. The van der Waals surface area contributed by atoms with Gasteiger partial charge in [0.05, 0.1) is 25.4 Å². The quantitative estimate of drug-likeness (QED) is 0.0273. The summed E-state index contributed by atoms with van der Waals surface area (Å²) in [5.41, 5.74) is 5.39. The van der Waals surface area contributed by atoms with E-state index in [4.69, 9.17) is 14.8 Å². The molecule has 8 nitrogen and oxygen atoms in total. The Hall–Kier alpha value is -1.02. The van der Waals surface area contributed by atoms with Crippen molar-refractivity contribution in [2.45, 2.75) is 264 Å². The van der Waals surface area contributed by atoms with Crippen LogP contribution in [0.25, 0.3) is 0 Å². The van der Waals surface area contributed by atoms with Gasteiger partial charge in [-0.05, 0) is 32.1 Å². The zero-order chi connectivity index (χ0) is 42.5. The first-order valence-electron chi connectivity index (χ1n) is 25.0. The predicted molar refractivity (Wildman–Crippen MR) is 249 cm³/mol. The fourth-order valence-electron chi connectivity index (χ4n) is 7.50. The van der Waals surface area contributed by atoms with Crippen LogP contribution in [0.2, 0.25) is 0 Å². The SMILES string of the molecule is CCCCCCCCCCCCCCCCC/C=C/CC/C=C/C(O)C(COP(=O)(O)OCCN)NC(=O)CCCCCCCCCCCCCCCCCCCC. The van der Waals surface area contributed by atoms with Gasteiger partial charge in [-0.25, -0.2) is 4.57 Å². The number of aliphatic hydroxyl groups excluding tert-OH is 1. The minimum atomic E-state index is -4.35. The largest absolute Gasteiger partial charge is 0.472 e. The Morgan fingerprint density at radius 1 is 0.552 bits per heavy atom. The third kappa shape index (κ3) is 43.1. The maximum absolute atomic E-state index is 12.8. The standard InChI is InChI=1S/C49H97N2O6P/c1-3-5-7-9-11-13-15-17-19-21-23-24-25-26-28-30-32-34-36-38-40-42-48(52)47(46-57-58(54,55)56-45-44-50)51-49(53)43-41-39-37-35-33-31-29-27-22-20-18-16-14-12-10-8-6-4-2/h32,34,40,42,47-48,52H,3-31,33,35-39,41,43-46,50H2,1-2H3,(H,51,53)(H,54,55)/b34-32+,42-40+. The molecule has 344 valence electrons. The van der Waals surface area contributed by atoms with E-state index in [1.54, 1.807) is 6.08 Å². The molecule has 9 heteroatoms. The van der Waals surface area contributed by atoms with Crippen molar-refractivity contribution in [1.29, 1.82) is 0 Å². The summed E-state index contributed by atoms with van der Waals surface area (Å²) in [6.45, 7) is 4.15. The summed E-state index contributed by atoms with van der Waals surface area (Å²) in [5.74, 6) is -0.199. The van der Waals surface area contributed by atoms with Gasteiger partial charge in [-0.2, -0.15) is 0 Å². The maximum atomic E-state index is 12.8. The first-order chi connectivity index (χ1) is 28.4. The first kappa shape index (κ1) is 57.0. The molecule has 3 atom stereocenters. The number of carbonyl (C=O) groups is 1. The topological polar surface area (TPSA) is 131 Å². The molecule has 0 aromatic carbocycles. The smallest absolute Gasteiger partial charge is 0.387 e. The van der Waals surface area contributed by atoms with Crippen LogP contribution in [0.15, 0.2) is 24.3 Å². The van der Waals surface area contributed by atoms with Gasteiger partial charge in [-0.15, -0.1) is 0 Å². The second kappa shape index (κ2) is 45.5. The van der Waals surface area contributed by atoms with Gasteiger partial charge in [0, 0.05) is 13.0 Å².